The average Bonchev–Trinajstić information content (AvgIpc) is 2.56. The van der Waals surface area contributed by atoms with Crippen molar-refractivity contribution < 1.29 is 8.42 Å². The van der Waals surface area contributed by atoms with Crippen LogP contribution in [0.1, 0.15) is 44.6 Å². The molecule has 3 atom stereocenters. The minimum absolute atomic E-state index is 0.127. The Morgan fingerprint density at radius 2 is 1.96 bits per heavy atom. The van der Waals surface area contributed by atoms with E-state index < -0.39 is 10.0 Å². The summed E-state index contributed by atoms with van der Waals surface area (Å²) >= 11 is 0. The fraction of sp³-hybridized carbons (Fsp3) is 0.579. The summed E-state index contributed by atoms with van der Waals surface area (Å²) in [7, 11) is -3.21. The van der Waals surface area contributed by atoms with Gasteiger partial charge < -0.3 is 0 Å². The van der Waals surface area contributed by atoms with E-state index >= 15 is 0 Å². The van der Waals surface area contributed by atoms with Crippen LogP contribution in [0.3, 0.4) is 0 Å². The quantitative estimate of drug-likeness (QED) is 0.807. The molecule has 0 aliphatic heterocycles. The summed E-state index contributed by atoms with van der Waals surface area (Å²) in [5.74, 6) is 1.34. The molecule has 2 aliphatic rings. The average molecular weight is 333 g/mol. The van der Waals surface area contributed by atoms with Crippen molar-refractivity contribution in [2.45, 2.75) is 51.5 Å². The van der Waals surface area contributed by atoms with E-state index in [1.54, 1.807) is 0 Å². The number of fused-ring (bicyclic) bond motifs is 2. The first-order valence-corrected chi connectivity index (χ1v) is 10.4. The Morgan fingerprint density at radius 3 is 2.70 bits per heavy atom. The van der Waals surface area contributed by atoms with Gasteiger partial charge in [0.25, 0.3) is 0 Å². The van der Waals surface area contributed by atoms with Crippen LogP contribution in [0.4, 0.5) is 0 Å². The number of hydrogen-bond donors (Lipinski definition) is 1. The number of sulfonamides is 1. The van der Waals surface area contributed by atoms with Gasteiger partial charge in [0.2, 0.25) is 10.0 Å². The fourth-order valence-corrected chi connectivity index (χ4v) is 5.41. The summed E-state index contributed by atoms with van der Waals surface area (Å²) in [5.41, 5.74) is 2.59. The van der Waals surface area contributed by atoms with Crippen LogP contribution in [-0.4, -0.2) is 20.2 Å². The van der Waals surface area contributed by atoms with Crippen LogP contribution in [-0.2, 0) is 16.4 Å². The molecule has 1 aromatic rings. The van der Waals surface area contributed by atoms with E-state index in [0.29, 0.717) is 18.3 Å². The summed E-state index contributed by atoms with van der Waals surface area (Å²) in [6.07, 6.45) is 8.43. The summed E-state index contributed by atoms with van der Waals surface area (Å²) in [6, 6.07) is 9.97. The Labute approximate surface area is 140 Å². The van der Waals surface area contributed by atoms with Crippen LogP contribution in [0, 0.1) is 11.8 Å². The lowest BCUT2D eigenvalue weighted by molar-refractivity contribution is 0.231. The highest BCUT2D eigenvalue weighted by Crippen LogP contribution is 2.40. The molecule has 0 radical (unpaired) electrons. The standard InChI is InChI=1S/C19H27NO2S/c1-2-15-12-17-8-9-19(18(13-15)14-17)20-23(21,22)11-10-16-6-4-3-5-7-16/h3-7,12,17-20H,2,8-11,13-14H2,1H3. The van der Waals surface area contributed by atoms with Gasteiger partial charge in [-0.25, -0.2) is 13.1 Å². The van der Waals surface area contributed by atoms with E-state index in [-0.39, 0.29) is 11.8 Å². The molecule has 0 saturated heterocycles. The van der Waals surface area contributed by atoms with Crippen LogP contribution in [0.25, 0.3) is 0 Å². The molecule has 1 N–H and O–H groups in total. The highest BCUT2D eigenvalue weighted by molar-refractivity contribution is 7.89. The van der Waals surface area contributed by atoms with Gasteiger partial charge in [-0.15, -0.1) is 0 Å². The van der Waals surface area contributed by atoms with E-state index in [2.05, 4.69) is 17.7 Å². The molecule has 3 rings (SSSR count). The second-order valence-electron chi connectivity index (χ2n) is 6.99. The van der Waals surface area contributed by atoms with Crippen molar-refractivity contribution in [3.63, 3.8) is 0 Å². The molecule has 1 fully saturated rings. The van der Waals surface area contributed by atoms with Crippen LogP contribution in [0.2, 0.25) is 0 Å². The molecule has 1 aromatic carbocycles. The van der Waals surface area contributed by atoms with E-state index in [0.717, 1.165) is 37.7 Å². The summed E-state index contributed by atoms with van der Waals surface area (Å²) in [5, 5.41) is 0. The first-order chi connectivity index (χ1) is 11.1. The maximum Gasteiger partial charge on any atom is 0.212 e. The largest absolute Gasteiger partial charge is 0.212 e. The molecule has 0 aromatic heterocycles. The van der Waals surface area contributed by atoms with Gasteiger partial charge in [0.15, 0.2) is 0 Å². The lowest BCUT2D eigenvalue weighted by Gasteiger charge is -2.39. The predicted molar refractivity (Wildman–Crippen MR) is 94.7 cm³/mol. The number of benzene rings is 1. The van der Waals surface area contributed by atoms with Gasteiger partial charge in [-0.2, -0.15) is 0 Å². The summed E-state index contributed by atoms with van der Waals surface area (Å²) in [6.45, 7) is 2.20. The normalized spacial score (nSPS) is 27.5. The Bertz CT molecular complexity index is 651. The van der Waals surface area contributed by atoms with Gasteiger partial charge in [-0.3, -0.25) is 0 Å². The molecule has 0 heterocycles. The zero-order valence-corrected chi connectivity index (χ0v) is 14.7. The highest BCUT2D eigenvalue weighted by atomic mass is 32.2. The Balaban J connectivity index is 1.59. The first kappa shape index (κ1) is 16.7. The molecule has 1 saturated carbocycles. The van der Waals surface area contributed by atoms with Crippen molar-refractivity contribution in [3.8, 4) is 0 Å². The maximum absolute atomic E-state index is 12.5. The predicted octanol–water partition coefficient (Wildman–Crippen LogP) is 3.67. The molecule has 23 heavy (non-hydrogen) atoms. The SMILES string of the molecule is CCC1=CC2CCC(NS(=O)(=O)CCc3ccccc3)C(C1)C2. The van der Waals surface area contributed by atoms with E-state index in [4.69, 9.17) is 0 Å². The van der Waals surface area contributed by atoms with Crippen molar-refractivity contribution in [1.82, 2.24) is 4.72 Å². The monoisotopic (exact) mass is 333 g/mol. The van der Waals surface area contributed by atoms with Crippen molar-refractivity contribution in [2.75, 3.05) is 5.75 Å². The topological polar surface area (TPSA) is 46.2 Å². The Morgan fingerprint density at radius 1 is 1.17 bits per heavy atom. The molecule has 4 heteroatoms. The van der Waals surface area contributed by atoms with Gasteiger partial charge in [0.1, 0.15) is 0 Å². The lowest BCUT2D eigenvalue weighted by Crippen LogP contribution is -2.45. The molecule has 2 aliphatic carbocycles. The Kier molecular flexibility index (Phi) is 5.22. The zero-order valence-electron chi connectivity index (χ0n) is 13.9. The molecule has 0 spiro atoms. The molecule has 2 bridgehead atoms. The van der Waals surface area contributed by atoms with Crippen LogP contribution >= 0.6 is 0 Å². The number of allylic oxidation sites excluding steroid dienone is 2. The number of hydrogen-bond acceptors (Lipinski definition) is 2. The van der Waals surface area contributed by atoms with Crippen molar-refractivity contribution in [1.29, 1.82) is 0 Å². The Hall–Kier alpha value is -1.13. The van der Waals surface area contributed by atoms with Crippen molar-refractivity contribution in [2.24, 2.45) is 11.8 Å². The van der Waals surface area contributed by atoms with Gasteiger partial charge in [0, 0.05) is 6.04 Å². The van der Waals surface area contributed by atoms with E-state index in [9.17, 15) is 8.42 Å². The second-order valence-corrected chi connectivity index (χ2v) is 8.87. The third kappa shape index (κ3) is 4.45. The minimum Gasteiger partial charge on any atom is -0.212 e. The smallest absolute Gasteiger partial charge is 0.212 e. The zero-order chi connectivity index (χ0) is 16.3. The fourth-order valence-electron chi connectivity index (χ4n) is 4.02. The molecule has 126 valence electrons. The number of nitrogens with one attached hydrogen (secondary N) is 1. The lowest BCUT2D eigenvalue weighted by atomic mass is 9.70. The van der Waals surface area contributed by atoms with Crippen molar-refractivity contribution >= 4 is 10.0 Å². The second kappa shape index (κ2) is 7.18. The highest BCUT2D eigenvalue weighted by Gasteiger charge is 2.35. The molecule has 3 nitrogen and oxygen atoms in total. The number of aryl methyl sites for hydroxylation is 1. The summed E-state index contributed by atoms with van der Waals surface area (Å²) < 4.78 is 27.9. The van der Waals surface area contributed by atoms with Gasteiger partial charge in [-0.05, 0) is 55.9 Å². The van der Waals surface area contributed by atoms with Crippen LogP contribution in [0.5, 0.6) is 0 Å². The van der Waals surface area contributed by atoms with Crippen molar-refractivity contribution in [3.05, 3.63) is 47.5 Å². The molecule has 0 amide bonds. The van der Waals surface area contributed by atoms with Gasteiger partial charge in [-0.1, -0.05) is 48.9 Å². The molecule has 3 unspecified atom stereocenters. The third-order valence-corrected chi connectivity index (χ3v) is 6.71. The third-order valence-electron chi connectivity index (χ3n) is 5.31. The first-order valence-electron chi connectivity index (χ1n) is 8.79. The minimum atomic E-state index is -3.21. The van der Waals surface area contributed by atoms with Crippen LogP contribution in [0.15, 0.2) is 42.0 Å². The molecular weight excluding hydrogens is 306 g/mol. The van der Waals surface area contributed by atoms with Gasteiger partial charge >= 0.3 is 0 Å². The molecular formula is C19H27NO2S. The van der Waals surface area contributed by atoms with Crippen LogP contribution < -0.4 is 4.72 Å². The summed E-state index contributed by atoms with van der Waals surface area (Å²) in [4.78, 5) is 0. The number of rotatable bonds is 6. The van der Waals surface area contributed by atoms with E-state index in [1.807, 2.05) is 30.3 Å². The van der Waals surface area contributed by atoms with Gasteiger partial charge in [0.05, 0.1) is 5.75 Å². The van der Waals surface area contributed by atoms with E-state index in [1.165, 1.54) is 5.57 Å². The maximum atomic E-state index is 12.5.